The third kappa shape index (κ3) is 7.02. The predicted molar refractivity (Wildman–Crippen MR) is 77.1 cm³/mol. The van der Waals surface area contributed by atoms with Crippen molar-refractivity contribution >= 4 is 27.8 Å². The molecule has 5 N–H and O–H groups in total. The van der Waals surface area contributed by atoms with Crippen LogP contribution >= 0.6 is 27.8 Å². The van der Waals surface area contributed by atoms with Crippen molar-refractivity contribution < 1.29 is 33.4 Å². The molecule has 8 nitrogen and oxygen atoms in total. The zero-order valence-corrected chi connectivity index (χ0v) is 13.5. The van der Waals surface area contributed by atoms with Crippen molar-refractivity contribution in [1.29, 1.82) is 0 Å². The van der Waals surface area contributed by atoms with E-state index in [0.29, 0.717) is 18.7 Å². The van der Waals surface area contributed by atoms with E-state index >= 15 is 0 Å². The van der Waals surface area contributed by atoms with E-state index in [1.165, 1.54) is 0 Å². The maximum absolute atomic E-state index is 11.3. The second kappa shape index (κ2) is 7.72. The van der Waals surface area contributed by atoms with Crippen molar-refractivity contribution in [1.82, 2.24) is 5.32 Å². The van der Waals surface area contributed by atoms with Gasteiger partial charge in [-0.05, 0) is 31.1 Å². The Morgan fingerprint density at radius 1 is 1.25 bits per heavy atom. The van der Waals surface area contributed by atoms with Gasteiger partial charge in [-0.1, -0.05) is 0 Å². The normalized spacial score (nSPS) is 26.4. The molecule has 1 heterocycles. The number of ether oxygens (including phenoxy) is 1. The van der Waals surface area contributed by atoms with Crippen LogP contribution in [0.1, 0.15) is 12.8 Å². The summed E-state index contributed by atoms with van der Waals surface area (Å²) >= 11 is 4.14. The lowest BCUT2D eigenvalue weighted by Crippen LogP contribution is -2.43. The highest BCUT2D eigenvalue weighted by Gasteiger charge is 2.38. The van der Waals surface area contributed by atoms with Crippen molar-refractivity contribution in [3.8, 4) is 0 Å². The summed E-state index contributed by atoms with van der Waals surface area (Å²) in [5, 5.41) is 3.08. The maximum Gasteiger partial charge on any atom is 0.354 e. The molecule has 1 fully saturated rings. The quantitative estimate of drug-likeness (QED) is 0.279. The van der Waals surface area contributed by atoms with Crippen LogP contribution in [0.15, 0.2) is 0 Å². The molecule has 0 spiro atoms. The van der Waals surface area contributed by atoms with Gasteiger partial charge in [-0.25, -0.2) is 0 Å². The Bertz CT molecular complexity index is 396. The number of nitrogens with one attached hydrogen (secondary N) is 1. The summed E-state index contributed by atoms with van der Waals surface area (Å²) in [6, 6.07) is 0. The van der Waals surface area contributed by atoms with Crippen molar-refractivity contribution in [3.63, 3.8) is 0 Å². The molecule has 1 aliphatic heterocycles. The van der Waals surface area contributed by atoms with Crippen LogP contribution in [0.2, 0.25) is 0 Å². The van der Waals surface area contributed by atoms with E-state index in [0.717, 1.165) is 13.0 Å². The third-order valence-corrected chi connectivity index (χ3v) is 5.47. The lowest BCUT2D eigenvalue weighted by molar-refractivity contribution is -0.000110. The van der Waals surface area contributed by atoms with Crippen LogP contribution < -0.4 is 5.32 Å². The zero-order valence-electron chi connectivity index (χ0n) is 10.8. The highest BCUT2D eigenvalue weighted by molar-refractivity contribution is 7.80. The van der Waals surface area contributed by atoms with E-state index in [2.05, 4.69) is 17.9 Å². The Labute approximate surface area is 123 Å². The van der Waals surface area contributed by atoms with Gasteiger partial charge >= 0.3 is 15.2 Å². The molecule has 20 heavy (non-hydrogen) atoms. The molecule has 0 radical (unpaired) electrons. The van der Waals surface area contributed by atoms with Gasteiger partial charge in [0, 0.05) is 6.54 Å². The van der Waals surface area contributed by atoms with Crippen LogP contribution in [0.4, 0.5) is 0 Å². The van der Waals surface area contributed by atoms with Gasteiger partial charge in [0.15, 0.2) is 5.85 Å². The molecule has 1 saturated heterocycles. The van der Waals surface area contributed by atoms with E-state index in [-0.39, 0.29) is 5.92 Å². The molecule has 11 heteroatoms. The molecular weight excluding hydrogens is 328 g/mol. The Balaban J connectivity index is 2.65. The van der Waals surface area contributed by atoms with Gasteiger partial charge in [0.05, 0.1) is 12.3 Å². The minimum atomic E-state index is -4.73. The average molecular weight is 349 g/mol. The largest absolute Gasteiger partial charge is 0.360 e. The lowest BCUT2D eigenvalue weighted by Gasteiger charge is -2.32. The molecule has 1 rings (SSSR count). The maximum atomic E-state index is 11.3. The minimum absolute atomic E-state index is 0.277. The molecule has 0 bridgehead atoms. The van der Waals surface area contributed by atoms with Gasteiger partial charge in [0.1, 0.15) is 0 Å². The molecule has 0 aromatic rings. The van der Waals surface area contributed by atoms with Gasteiger partial charge in [0.2, 0.25) is 0 Å². The SMILES string of the molecule is O=P(O)(O)CC(OC1CNCC(CCS)C1)P(=O)(O)O. The summed E-state index contributed by atoms with van der Waals surface area (Å²) in [6.07, 6.45) is -0.0246. The summed E-state index contributed by atoms with van der Waals surface area (Å²) in [7, 11) is -9.30. The smallest absolute Gasteiger partial charge is 0.354 e. The summed E-state index contributed by atoms with van der Waals surface area (Å²) in [4.78, 5) is 36.1. The van der Waals surface area contributed by atoms with E-state index in [1.807, 2.05) is 0 Å². The summed E-state index contributed by atoms with van der Waals surface area (Å²) in [5.41, 5.74) is 0. The van der Waals surface area contributed by atoms with Gasteiger partial charge in [-0.15, -0.1) is 0 Å². The van der Waals surface area contributed by atoms with Gasteiger partial charge in [-0.2, -0.15) is 12.6 Å². The van der Waals surface area contributed by atoms with E-state index in [9.17, 15) is 9.13 Å². The monoisotopic (exact) mass is 349 g/mol. The summed E-state index contributed by atoms with van der Waals surface area (Å²) in [5.74, 6) is -0.799. The molecule has 3 atom stereocenters. The number of hydrogen-bond donors (Lipinski definition) is 6. The first-order valence-corrected chi connectivity index (χ1v) is 10.3. The average Bonchev–Trinajstić information content (AvgIpc) is 2.26. The van der Waals surface area contributed by atoms with E-state index < -0.39 is 33.3 Å². The third-order valence-electron chi connectivity index (χ3n) is 3.06. The van der Waals surface area contributed by atoms with Crippen LogP contribution in [0, 0.1) is 5.92 Å². The van der Waals surface area contributed by atoms with Crippen molar-refractivity contribution in [2.24, 2.45) is 5.92 Å². The molecule has 3 unspecified atom stereocenters. The van der Waals surface area contributed by atoms with Crippen LogP contribution in [0.5, 0.6) is 0 Å². The molecule has 0 amide bonds. The number of rotatable bonds is 7. The molecule has 0 aromatic heterocycles. The first-order chi connectivity index (χ1) is 9.12. The highest BCUT2D eigenvalue weighted by Crippen LogP contribution is 2.50. The molecule has 120 valence electrons. The Hall–Kier alpha value is 0.570. The summed E-state index contributed by atoms with van der Waals surface area (Å²) < 4.78 is 27.5. The van der Waals surface area contributed by atoms with Crippen molar-refractivity contribution in [2.45, 2.75) is 24.8 Å². The summed E-state index contributed by atoms with van der Waals surface area (Å²) in [6.45, 7) is 1.18. The van der Waals surface area contributed by atoms with Gasteiger partial charge < -0.3 is 29.6 Å². The Morgan fingerprint density at radius 2 is 1.90 bits per heavy atom. The fourth-order valence-electron chi connectivity index (χ4n) is 2.15. The lowest BCUT2D eigenvalue weighted by atomic mass is 9.95. The second-order valence-corrected chi connectivity index (χ2v) is 8.82. The zero-order chi connectivity index (χ0) is 15.4. The number of hydrogen-bond acceptors (Lipinski definition) is 5. The van der Waals surface area contributed by atoms with E-state index in [4.69, 9.17) is 24.3 Å². The fraction of sp³-hybridized carbons (Fsp3) is 1.00. The molecular formula is C9H21NO7P2S. The Morgan fingerprint density at radius 3 is 2.40 bits per heavy atom. The van der Waals surface area contributed by atoms with Gasteiger partial charge in [-0.3, -0.25) is 9.13 Å². The van der Waals surface area contributed by atoms with Crippen molar-refractivity contribution in [3.05, 3.63) is 0 Å². The Kier molecular flexibility index (Phi) is 7.19. The molecule has 0 aliphatic carbocycles. The first-order valence-electron chi connectivity index (χ1n) is 6.18. The molecule has 1 aliphatic rings. The van der Waals surface area contributed by atoms with Crippen LogP contribution in [0.25, 0.3) is 0 Å². The van der Waals surface area contributed by atoms with Crippen LogP contribution in [-0.4, -0.2) is 56.5 Å². The van der Waals surface area contributed by atoms with Crippen LogP contribution in [-0.2, 0) is 13.9 Å². The number of thiol groups is 1. The second-order valence-electron chi connectivity index (χ2n) is 4.92. The van der Waals surface area contributed by atoms with E-state index in [1.54, 1.807) is 0 Å². The minimum Gasteiger partial charge on any atom is -0.360 e. The fourth-order valence-corrected chi connectivity index (χ4v) is 4.83. The standard InChI is InChI=1S/C9H21NO7P2S/c11-18(12,13)6-9(19(14,15)16)17-8-3-7(1-2-20)4-10-5-8/h7-10,20H,1-6H2,(H2,11,12,13)(H2,14,15,16). The topological polar surface area (TPSA) is 136 Å². The number of piperidine rings is 1. The molecule has 0 saturated carbocycles. The predicted octanol–water partition coefficient (Wildman–Crippen LogP) is -0.0175. The van der Waals surface area contributed by atoms with Crippen molar-refractivity contribution in [2.75, 3.05) is 25.0 Å². The highest BCUT2D eigenvalue weighted by atomic mass is 32.1. The first kappa shape index (κ1) is 18.6. The van der Waals surface area contributed by atoms with Crippen LogP contribution in [0.3, 0.4) is 0 Å². The van der Waals surface area contributed by atoms with Gasteiger partial charge in [0.25, 0.3) is 0 Å². The molecule has 0 aromatic carbocycles.